The number of nitrogens with one attached hydrogen (secondary N) is 1. The number of anilines is 2. The number of carbonyl (C=O) groups excluding carboxylic acids is 2. The van der Waals surface area contributed by atoms with Crippen molar-refractivity contribution in [3.05, 3.63) is 58.6 Å². The third-order valence-corrected chi connectivity index (χ3v) is 3.76. The van der Waals surface area contributed by atoms with Crippen molar-refractivity contribution in [1.82, 2.24) is 0 Å². The van der Waals surface area contributed by atoms with Crippen LogP contribution in [0.25, 0.3) is 0 Å². The molecule has 0 aromatic heterocycles. The smallest absolute Gasteiger partial charge is 0.228 e. The van der Waals surface area contributed by atoms with Crippen LogP contribution in [0, 0.1) is 0 Å². The molecule has 2 amide bonds. The number of hydrogen-bond donors (Lipinski definition) is 1. The molecule has 2 rings (SSSR count). The molecule has 0 radical (unpaired) electrons. The Morgan fingerprint density at radius 3 is 2.55 bits per heavy atom. The summed E-state index contributed by atoms with van der Waals surface area (Å²) >= 11 is 3.39. The molecule has 0 saturated carbocycles. The third-order valence-electron chi connectivity index (χ3n) is 3.27. The molecular weight excluding hydrogens is 344 g/mol. The van der Waals surface area contributed by atoms with Gasteiger partial charge in [-0.1, -0.05) is 40.2 Å². The summed E-state index contributed by atoms with van der Waals surface area (Å²) < 4.78 is 0.939. The summed E-state index contributed by atoms with van der Waals surface area (Å²) in [5.41, 5.74) is 2.22. The van der Waals surface area contributed by atoms with Crippen molar-refractivity contribution >= 4 is 39.1 Å². The van der Waals surface area contributed by atoms with Crippen molar-refractivity contribution in [2.24, 2.45) is 0 Å². The van der Waals surface area contributed by atoms with Gasteiger partial charge >= 0.3 is 0 Å². The van der Waals surface area contributed by atoms with Gasteiger partial charge in [-0.2, -0.15) is 0 Å². The van der Waals surface area contributed by atoms with E-state index in [1.807, 2.05) is 36.4 Å². The molecule has 0 aliphatic rings. The van der Waals surface area contributed by atoms with Crippen LogP contribution in [0.1, 0.15) is 12.5 Å². The molecule has 0 aliphatic heterocycles. The topological polar surface area (TPSA) is 49.4 Å². The summed E-state index contributed by atoms with van der Waals surface area (Å²) in [6, 6.07) is 14.9. The largest absolute Gasteiger partial charge is 0.324 e. The van der Waals surface area contributed by atoms with Crippen molar-refractivity contribution in [2.75, 3.05) is 17.3 Å². The maximum Gasteiger partial charge on any atom is 0.228 e. The van der Waals surface area contributed by atoms with E-state index in [2.05, 4.69) is 21.2 Å². The Bertz CT molecular complexity index is 701. The lowest BCUT2D eigenvalue weighted by Crippen LogP contribution is -2.25. The van der Waals surface area contributed by atoms with Crippen LogP contribution in [0.5, 0.6) is 0 Å². The molecule has 0 heterocycles. The number of carbonyl (C=O) groups is 2. The van der Waals surface area contributed by atoms with Crippen LogP contribution in [0.3, 0.4) is 0 Å². The molecule has 0 saturated heterocycles. The molecular formula is C17H17BrN2O2. The van der Waals surface area contributed by atoms with Crippen molar-refractivity contribution in [3.63, 3.8) is 0 Å². The van der Waals surface area contributed by atoms with E-state index in [4.69, 9.17) is 0 Å². The zero-order valence-corrected chi connectivity index (χ0v) is 14.1. The average molecular weight is 361 g/mol. The van der Waals surface area contributed by atoms with Gasteiger partial charge in [-0.05, 0) is 29.8 Å². The summed E-state index contributed by atoms with van der Waals surface area (Å²) in [5.74, 6) is -0.212. The highest BCUT2D eigenvalue weighted by molar-refractivity contribution is 9.10. The second-order valence-corrected chi connectivity index (χ2v) is 5.87. The van der Waals surface area contributed by atoms with Crippen LogP contribution >= 0.6 is 15.9 Å². The van der Waals surface area contributed by atoms with Gasteiger partial charge in [0.05, 0.1) is 17.8 Å². The van der Waals surface area contributed by atoms with Gasteiger partial charge in [-0.15, -0.1) is 0 Å². The Labute approximate surface area is 138 Å². The second-order valence-electron chi connectivity index (χ2n) is 4.95. The van der Waals surface area contributed by atoms with E-state index in [-0.39, 0.29) is 18.2 Å². The highest BCUT2D eigenvalue weighted by atomic mass is 79.9. The molecule has 4 nitrogen and oxygen atoms in total. The SMILES string of the molecule is CC(=O)N(C)c1ccccc1NC(=O)Cc1cccc(Br)c1. The van der Waals surface area contributed by atoms with Crippen LogP contribution < -0.4 is 10.2 Å². The lowest BCUT2D eigenvalue weighted by Gasteiger charge is -2.19. The van der Waals surface area contributed by atoms with Gasteiger partial charge in [-0.3, -0.25) is 9.59 Å². The van der Waals surface area contributed by atoms with Crippen molar-refractivity contribution < 1.29 is 9.59 Å². The van der Waals surface area contributed by atoms with E-state index in [0.717, 1.165) is 10.0 Å². The first-order valence-corrected chi connectivity index (χ1v) is 7.64. The zero-order chi connectivity index (χ0) is 16.1. The Balaban J connectivity index is 2.13. The Morgan fingerprint density at radius 2 is 1.86 bits per heavy atom. The molecule has 114 valence electrons. The molecule has 0 atom stereocenters. The Kier molecular flexibility index (Phi) is 5.33. The van der Waals surface area contributed by atoms with Gasteiger partial charge in [0.25, 0.3) is 0 Å². The van der Waals surface area contributed by atoms with E-state index in [9.17, 15) is 9.59 Å². The fourth-order valence-corrected chi connectivity index (χ4v) is 2.51. The monoisotopic (exact) mass is 360 g/mol. The summed E-state index contributed by atoms with van der Waals surface area (Å²) in [4.78, 5) is 25.2. The fourth-order valence-electron chi connectivity index (χ4n) is 2.07. The van der Waals surface area contributed by atoms with Gasteiger partial charge < -0.3 is 10.2 Å². The second kappa shape index (κ2) is 7.22. The summed E-state index contributed by atoms with van der Waals surface area (Å²) in [5, 5.41) is 2.87. The number of para-hydroxylation sites is 2. The fraction of sp³-hybridized carbons (Fsp3) is 0.176. The maximum atomic E-state index is 12.2. The van der Waals surface area contributed by atoms with E-state index < -0.39 is 0 Å². The molecule has 0 fully saturated rings. The van der Waals surface area contributed by atoms with E-state index in [0.29, 0.717) is 11.4 Å². The predicted molar refractivity (Wildman–Crippen MR) is 92.0 cm³/mol. The number of amides is 2. The molecule has 0 unspecified atom stereocenters. The average Bonchev–Trinajstić information content (AvgIpc) is 2.47. The number of hydrogen-bond acceptors (Lipinski definition) is 2. The first-order valence-electron chi connectivity index (χ1n) is 6.85. The van der Waals surface area contributed by atoms with Gasteiger partial charge in [0.2, 0.25) is 11.8 Å². The van der Waals surface area contributed by atoms with Crippen LogP contribution in [0.2, 0.25) is 0 Å². The zero-order valence-electron chi connectivity index (χ0n) is 12.5. The minimum atomic E-state index is -0.123. The normalized spacial score (nSPS) is 10.1. The first kappa shape index (κ1) is 16.2. The summed E-state index contributed by atoms with van der Waals surface area (Å²) in [6.45, 7) is 1.49. The molecule has 0 aliphatic carbocycles. The highest BCUT2D eigenvalue weighted by Gasteiger charge is 2.12. The Morgan fingerprint density at radius 1 is 1.14 bits per heavy atom. The third kappa shape index (κ3) is 4.18. The quantitative estimate of drug-likeness (QED) is 0.905. The summed E-state index contributed by atoms with van der Waals surface area (Å²) in [7, 11) is 1.68. The van der Waals surface area contributed by atoms with Gasteiger partial charge in [-0.25, -0.2) is 0 Å². The van der Waals surface area contributed by atoms with E-state index >= 15 is 0 Å². The molecule has 0 spiro atoms. The van der Waals surface area contributed by atoms with Crippen LogP contribution in [0.15, 0.2) is 53.0 Å². The van der Waals surface area contributed by atoms with E-state index in [1.165, 1.54) is 11.8 Å². The van der Waals surface area contributed by atoms with Crippen LogP contribution in [-0.4, -0.2) is 18.9 Å². The molecule has 1 N–H and O–H groups in total. The number of nitrogens with zero attached hydrogens (tertiary/aromatic N) is 1. The molecule has 2 aromatic carbocycles. The number of rotatable bonds is 4. The van der Waals surface area contributed by atoms with Gasteiger partial charge in [0, 0.05) is 18.4 Å². The van der Waals surface area contributed by atoms with Crippen LogP contribution in [0.4, 0.5) is 11.4 Å². The highest BCUT2D eigenvalue weighted by Crippen LogP contribution is 2.25. The van der Waals surface area contributed by atoms with E-state index in [1.54, 1.807) is 19.2 Å². The molecule has 22 heavy (non-hydrogen) atoms. The number of benzene rings is 2. The van der Waals surface area contributed by atoms with Gasteiger partial charge in [0.15, 0.2) is 0 Å². The minimum absolute atomic E-state index is 0.0892. The van der Waals surface area contributed by atoms with Gasteiger partial charge in [0.1, 0.15) is 0 Å². The van der Waals surface area contributed by atoms with Crippen molar-refractivity contribution in [3.8, 4) is 0 Å². The van der Waals surface area contributed by atoms with Crippen molar-refractivity contribution in [1.29, 1.82) is 0 Å². The van der Waals surface area contributed by atoms with Crippen molar-refractivity contribution in [2.45, 2.75) is 13.3 Å². The molecule has 5 heteroatoms. The molecule has 2 aromatic rings. The Hall–Kier alpha value is -2.14. The maximum absolute atomic E-state index is 12.2. The molecule has 0 bridgehead atoms. The summed E-state index contributed by atoms with van der Waals surface area (Å²) in [6.07, 6.45) is 0.275. The first-order chi connectivity index (χ1) is 10.5. The lowest BCUT2D eigenvalue weighted by molar-refractivity contribution is -0.117. The number of halogens is 1. The lowest BCUT2D eigenvalue weighted by atomic mass is 10.1. The van der Waals surface area contributed by atoms with Crippen LogP contribution in [-0.2, 0) is 16.0 Å². The predicted octanol–water partition coefficient (Wildman–Crippen LogP) is 3.61. The minimum Gasteiger partial charge on any atom is -0.324 e. The standard InChI is InChI=1S/C17H17BrN2O2/c1-12(21)20(2)16-9-4-3-8-15(16)19-17(22)11-13-6-5-7-14(18)10-13/h3-10H,11H2,1-2H3,(H,19,22).